The molecule has 3 rings (SSSR count). The fraction of sp³-hybridized carbons (Fsp3) is 0.625. The summed E-state index contributed by atoms with van der Waals surface area (Å²) in [4.78, 5) is 1.55. The molecule has 2 aliphatic rings. The van der Waals surface area contributed by atoms with Crippen molar-refractivity contribution in [3.63, 3.8) is 0 Å². The first-order chi connectivity index (χ1) is 8.74. The van der Waals surface area contributed by atoms with Gasteiger partial charge in [-0.05, 0) is 60.6 Å². The van der Waals surface area contributed by atoms with Gasteiger partial charge in [-0.3, -0.25) is 0 Å². The largest absolute Gasteiger partial charge is 0.308 e. The van der Waals surface area contributed by atoms with E-state index >= 15 is 0 Å². The van der Waals surface area contributed by atoms with Gasteiger partial charge >= 0.3 is 0 Å². The average molecular weight is 261 g/mol. The Morgan fingerprint density at radius 3 is 2.72 bits per heavy atom. The molecule has 0 amide bonds. The number of hydrogen-bond donors (Lipinski definition) is 1. The van der Waals surface area contributed by atoms with Crippen LogP contribution in [0.1, 0.15) is 55.8 Å². The number of aryl methyl sites for hydroxylation is 2. The minimum Gasteiger partial charge on any atom is -0.308 e. The number of fused-ring (bicyclic) bond motifs is 2. The Morgan fingerprint density at radius 1 is 1.17 bits per heavy atom. The maximum Gasteiger partial charge on any atom is 0.0333 e. The summed E-state index contributed by atoms with van der Waals surface area (Å²) in [7, 11) is 0. The van der Waals surface area contributed by atoms with Crippen LogP contribution in [0, 0.1) is 0 Å². The molecule has 0 bridgehead atoms. The Kier molecular flexibility index (Phi) is 3.67. The van der Waals surface area contributed by atoms with E-state index in [-0.39, 0.29) is 0 Å². The highest BCUT2D eigenvalue weighted by molar-refractivity contribution is 7.99. The van der Waals surface area contributed by atoms with E-state index in [0.29, 0.717) is 12.1 Å². The first kappa shape index (κ1) is 12.6. The third kappa shape index (κ3) is 2.46. The number of thioether (sulfide) groups is 1. The van der Waals surface area contributed by atoms with Crippen LogP contribution in [0.5, 0.6) is 0 Å². The van der Waals surface area contributed by atoms with E-state index in [1.54, 1.807) is 21.6 Å². The number of hydrogen-bond acceptors (Lipinski definition) is 2. The molecule has 1 aliphatic heterocycles. The van der Waals surface area contributed by atoms with Crippen molar-refractivity contribution in [1.82, 2.24) is 5.32 Å². The van der Waals surface area contributed by atoms with Crippen molar-refractivity contribution in [2.24, 2.45) is 0 Å². The van der Waals surface area contributed by atoms with E-state index in [2.05, 4.69) is 43.1 Å². The summed E-state index contributed by atoms with van der Waals surface area (Å²) in [6.07, 6.45) is 6.56. The molecule has 18 heavy (non-hydrogen) atoms. The zero-order valence-electron chi connectivity index (χ0n) is 11.5. The van der Waals surface area contributed by atoms with Crippen LogP contribution >= 0.6 is 11.8 Å². The normalized spacial score (nSPS) is 22.7. The van der Waals surface area contributed by atoms with Gasteiger partial charge in [-0.1, -0.05) is 19.9 Å². The molecule has 1 atom stereocenters. The van der Waals surface area contributed by atoms with Crippen molar-refractivity contribution in [1.29, 1.82) is 0 Å². The van der Waals surface area contributed by atoms with Gasteiger partial charge in [0.1, 0.15) is 0 Å². The Balaban J connectivity index is 1.97. The third-order valence-corrected chi connectivity index (χ3v) is 5.19. The van der Waals surface area contributed by atoms with Crippen LogP contribution in [0.2, 0.25) is 0 Å². The summed E-state index contributed by atoms with van der Waals surface area (Å²) in [5, 5.41) is 3.76. The lowest BCUT2D eigenvalue weighted by Gasteiger charge is -2.22. The van der Waals surface area contributed by atoms with Crippen molar-refractivity contribution < 1.29 is 0 Å². The van der Waals surface area contributed by atoms with E-state index in [9.17, 15) is 0 Å². The van der Waals surface area contributed by atoms with Crippen LogP contribution in [-0.2, 0) is 12.8 Å². The molecular formula is C16H23NS. The summed E-state index contributed by atoms with van der Waals surface area (Å²) in [5.41, 5.74) is 4.81. The van der Waals surface area contributed by atoms with Crippen LogP contribution in [0.3, 0.4) is 0 Å². The molecule has 1 N–H and O–H groups in total. The molecule has 0 radical (unpaired) electrons. The highest BCUT2D eigenvalue weighted by atomic mass is 32.2. The van der Waals surface area contributed by atoms with E-state index in [1.807, 2.05) is 0 Å². The van der Waals surface area contributed by atoms with Crippen LogP contribution in [0.25, 0.3) is 0 Å². The topological polar surface area (TPSA) is 12.0 Å². The SMILES string of the molecule is CC(C)NC1CCCSc2cc3c(cc21)CCC3. The van der Waals surface area contributed by atoms with Gasteiger partial charge in [0.05, 0.1) is 0 Å². The molecular weight excluding hydrogens is 238 g/mol. The lowest BCUT2D eigenvalue weighted by Crippen LogP contribution is -2.28. The van der Waals surface area contributed by atoms with Crippen LogP contribution in [0.4, 0.5) is 0 Å². The van der Waals surface area contributed by atoms with Crippen LogP contribution in [0.15, 0.2) is 17.0 Å². The highest BCUT2D eigenvalue weighted by Gasteiger charge is 2.22. The molecule has 2 heteroatoms. The van der Waals surface area contributed by atoms with E-state index in [4.69, 9.17) is 0 Å². The standard InChI is InChI=1S/C16H23NS/c1-11(2)17-15-7-4-8-18-16-10-13-6-3-5-12(13)9-14(15)16/h9-11,15,17H,3-8H2,1-2H3. The highest BCUT2D eigenvalue weighted by Crippen LogP contribution is 2.38. The summed E-state index contributed by atoms with van der Waals surface area (Å²) in [6, 6.07) is 6.14. The molecule has 0 saturated carbocycles. The van der Waals surface area contributed by atoms with Crippen molar-refractivity contribution in [3.8, 4) is 0 Å². The lowest BCUT2D eigenvalue weighted by atomic mass is 9.97. The van der Waals surface area contributed by atoms with Gasteiger partial charge in [-0.15, -0.1) is 11.8 Å². The van der Waals surface area contributed by atoms with Crippen molar-refractivity contribution in [2.75, 3.05) is 5.75 Å². The van der Waals surface area contributed by atoms with Gasteiger partial charge in [-0.2, -0.15) is 0 Å². The maximum absolute atomic E-state index is 3.76. The zero-order chi connectivity index (χ0) is 12.5. The first-order valence-electron chi connectivity index (χ1n) is 7.28. The summed E-state index contributed by atoms with van der Waals surface area (Å²) < 4.78 is 0. The van der Waals surface area contributed by atoms with E-state index in [0.717, 1.165) is 0 Å². The second kappa shape index (κ2) is 5.26. The third-order valence-electron chi connectivity index (χ3n) is 4.03. The lowest BCUT2D eigenvalue weighted by molar-refractivity contribution is 0.447. The Labute approximate surface area is 115 Å². The Morgan fingerprint density at radius 2 is 1.94 bits per heavy atom. The summed E-state index contributed by atoms with van der Waals surface area (Å²) >= 11 is 2.07. The zero-order valence-corrected chi connectivity index (χ0v) is 12.3. The van der Waals surface area contributed by atoms with Crippen molar-refractivity contribution >= 4 is 11.8 Å². The van der Waals surface area contributed by atoms with E-state index < -0.39 is 0 Å². The molecule has 0 saturated heterocycles. The van der Waals surface area contributed by atoms with Crippen LogP contribution < -0.4 is 5.32 Å². The first-order valence-corrected chi connectivity index (χ1v) is 8.27. The minimum absolute atomic E-state index is 0.569. The number of rotatable bonds is 2. The van der Waals surface area contributed by atoms with Gasteiger partial charge in [0, 0.05) is 17.0 Å². The molecule has 0 spiro atoms. The molecule has 1 nitrogen and oxygen atoms in total. The monoisotopic (exact) mass is 261 g/mol. The van der Waals surface area contributed by atoms with Crippen molar-refractivity contribution in [3.05, 3.63) is 28.8 Å². The van der Waals surface area contributed by atoms with Crippen LogP contribution in [-0.4, -0.2) is 11.8 Å². The van der Waals surface area contributed by atoms with Gasteiger partial charge in [0.2, 0.25) is 0 Å². The fourth-order valence-electron chi connectivity index (χ4n) is 3.22. The molecule has 1 aromatic rings. The number of benzene rings is 1. The Hall–Kier alpha value is -0.470. The maximum atomic E-state index is 3.76. The van der Waals surface area contributed by atoms with Gasteiger partial charge in [-0.25, -0.2) is 0 Å². The second-order valence-electron chi connectivity index (χ2n) is 5.88. The molecule has 1 aliphatic carbocycles. The van der Waals surface area contributed by atoms with Gasteiger partial charge < -0.3 is 5.32 Å². The van der Waals surface area contributed by atoms with E-state index in [1.165, 1.54) is 37.9 Å². The molecule has 98 valence electrons. The quantitative estimate of drug-likeness (QED) is 0.860. The number of nitrogens with one attached hydrogen (secondary N) is 1. The predicted molar refractivity (Wildman–Crippen MR) is 79.4 cm³/mol. The molecule has 0 fully saturated rings. The van der Waals surface area contributed by atoms with Gasteiger partial charge in [0.15, 0.2) is 0 Å². The smallest absolute Gasteiger partial charge is 0.0333 e. The molecule has 1 unspecified atom stereocenters. The fourth-order valence-corrected chi connectivity index (χ4v) is 4.34. The summed E-state index contributed by atoms with van der Waals surface area (Å²) in [5.74, 6) is 1.28. The molecule has 0 aromatic heterocycles. The molecule has 1 heterocycles. The van der Waals surface area contributed by atoms with Crippen molar-refractivity contribution in [2.45, 2.75) is 62.9 Å². The predicted octanol–water partition coefficient (Wildman–Crippen LogP) is 4.10. The second-order valence-corrected chi connectivity index (χ2v) is 7.01. The summed E-state index contributed by atoms with van der Waals surface area (Å²) in [6.45, 7) is 4.51. The molecule has 1 aromatic carbocycles. The average Bonchev–Trinajstić information content (AvgIpc) is 2.70. The minimum atomic E-state index is 0.569. The Bertz CT molecular complexity index is 439. The van der Waals surface area contributed by atoms with Gasteiger partial charge in [0.25, 0.3) is 0 Å².